The van der Waals surface area contributed by atoms with Gasteiger partial charge < -0.3 is 5.73 Å². The fourth-order valence-electron chi connectivity index (χ4n) is 5.53. The highest BCUT2D eigenvalue weighted by atomic mass is 14.7. The number of aromatic nitrogens is 1. The molecule has 4 aromatic rings. The molecule has 0 radical (unpaired) electrons. The van der Waals surface area contributed by atoms with Crippen LogP contribution in [0, 0.1) is 0 Å². The smallest absolute Gasteiger partial charge is 0.0753 e. The van der Waals surface area contributed by atoms with Crippen molar-refractivity contribution < 1.29 is 0 Å². The summed E-state index contributed by atoms with van der Waals surface area (Å²) < 4.78 is 0. The van der Waals surface area contributed by atoms with E-state index in [1.807, 2.05) is 42.6 Å². The van der Waals surface area contributed by atoms with Gasteiger partial charge in [0, 0.05) is 17.5 Å². The van der Waals surface area contributed by atoms with Gasteiger partial charge in [0.25, 0.3) is 0 Å². The van der Waals surface area contributed by atoms with Crippen LogP contribution >= 0.6 is 0 Å². The largest absolute Gasteiger partial charge is 0.398 e. The molecule has 168 valence electrons. The molecule has 1 spiro atoms. The Kier molecular flexibility index (Phi) is 5.08. The summed E-state index contributed by atoms with van der Waals surface area (Å²) in [5, 5.41) is 0. The third-order valence-corrected chi connectivity index (χ3v) is 7.15. The first-order chi connectivity index (χ1) is 17.2. The molecule has 3 aromatic carbocycles. The maximum Gasteiger partial charge on any atom is 0.0753 e. The average Bonchev–Trinajstić information content (AvgIpc) is 3.20. The zero-order valence-electron chi connectivity index (χ0n) is 19.5. The molecule has 2 heteroatoms. The number of allylic oxidation sites excluding steroid dienone is 5. The first kappa shape index (κ1) is 21.1. The van der Waals surface area contributed by atoms with E-state index >= 15 is 0 Å². The molecular weight excluding hydrogens is 424 g/mol. The Labute approximate surface area is 206 Å². The van der Waals surface area contributed by atoms with Crippen molar-refractivity contribution in [2.45, 2.75) is 11.8 Å². The number of nitrogens with zero attached hydrogens (tertiary/aromatic N) is 1. The minimum absolute atomic E-state index is 0.499. The third-order valence-electron chi connectivity index (χ3n) is 7.15. The van der Waals surface area contributed by atoms with Crippen LogP contribution in [0.1, 0.15) is 33.4 Å². The fraction of sp³-hybridized carbons (Fsp3) is 0.0606. The van der Waals surface area contributed by atoms with Crippen LogP contribution in [-0.4, -0.2) is 4.98 Å². The Hall–Kier alpha value is -4.43. The highest BCUT2D eigenvalue weighted by molar-refractivity contribution is 5.86. The summed E-state index contributed by atoms with van der Waals surface area (Å²) in [7, 11) is 0. The predicted molar refractivity (Wildman–Crippen MR) is 146 cm³/mol. The molecule has 0 aliphatic heterocycles. The van der Waals surface area contributed by atoms with E-state index in [9.17, 15) is 0 Å². The first-order valence-corrected chi connectivity index (χ1v) is 11.9. The van der Waals surface area contributed by atoms with Crippen LogP contribution in [0.4, 0.5) is 0 Å². The number of rotatable bonds is 3. The molecule has 1 unspecified atom stereocenters. The summed E-state index contributed by atoms with van der Waals surface area (Å²) in [4.78, 5) is 4.84. The van der Waals surface area contributed by atoms with Gasteiger partial charge in [-0.15, -0.1) is 0 Å². The maximum atomic E-state index is 6.40. The van der Waals surface area contributed by atoms with Gasteiger partial charge in [0.05, 0.1) is 11.1 Å². The average molecular weight is 451 g/mol. The topological polar surface area (TPSA) is 38.9 Å². The maximum absolute atomic E-state index is 6.40. The number of hydrogen-bond donors (Lipinski definition) is 1. The molecule has 2 aliphatic carbocycles. The minimum atomic E-state index is -0.499. The molecule has 35 heavy (non-hydrogen) atoms. The molecule has 0 fully saturated rings. The first-order valence-electron chi connectivity index (χ1n) is 11.9. The van der Waals surface area contributed by atoms with Gasteiger partial charge in [0.15, 0.2) is 0 Å². The third kappa shape index (κ3) is 3.30. The molecule has 1 heterocycles. The van der Waals surface area contributed by atoms with Crippen molar-refractivity contribution in [3.63, 3.8) is 0 Å². The molecule has 0 saturated carbocycles. The Morgan fingerprint density at radius 3 is 2.49 bits per heavy atom. The van der Waals surface area contributed by atoms with Crippen molar-refractivity contribution in [3.05, 3.63) is 161 Å². The van der Waals surface area contributed by atoms with E-state index in [1.165, 1.54) is 33.4 Å². The van der Waals surface area contributed by atoms with Crippen LogP contribution in [0.15, 0.2) is 128 Å². The van der Waals surface area contributed by atoms with Gasteiger partial charge >= 0.3 is 0 Å². The lowest BCUT2D eigenvalue weighted by molar-refractivity contribution is 0.764. The van der Waals surface area contributed by atoms with E-state index in [1.54, 1.807) is 0 Å². The second-order valence-electron chi connectivity index (χ2n) is 9.09. The second kappa shape index (κ2) is 8.41. The normalized spacial score (nSPS) is 19.9. The van der Waals surface area contributed by atoms with Crippen molar-refractivity contribution in [2.75, 3.05) is 0 Å². The quantitative estimate of drug-likeness (QED) is 0.362. The zero-order valence-corrected chi connectivity index (χ0v) is 19.5. The summed E-state index contributed by atoms with van der Waals surface area (Å²) in [5.41, 5.74) is 17.0. The van der Waals surface area contributed by atoms with E-state index in [-0.39, 0.29) is 0 Å². The summed E-state index contributed by atoms with van der Waals surface area (Å²) in [6, 6.07) is 29.7. The lowest BCUT2D eigenvalue weighted by Crippen LogP contribution is -2.30. The van der Waals surface area contributed by atoms with Crippen LogP contribution < -0.4 is 5.73 Å². The Balaban J connectivity index is 1.55. The SMILES string of the molecule is C=C1/C=C\C=C/c2ccccc2C12c1cc(C/C=C(\N)c3ccccc3)ccc1-c1ncccc12. The number of nitrogens with two attached hydrogens (primary N) is 1. The number of hydrogen-bond acceptors (Lipinski definition) is 2. The van der Waals surface area contributed by atoms with E-state index in [0.717, 1.165) is 28.9 Å². The molecule has 2 N–H and O–H groups in total. The number of pyridine rings is 1. The molecular formula is C33H26N2. The van der Waals surface area contributed by atoms with E-state index < -0.39 is 5.41 Å². The molecule has 0 saturated heterocycles. The van der Waals surface area contributed by atoms with Gasteiger partial charge in [0.1, 0.15) is 0 Å². The number of fused-ring (bicyclic) bond motifs is 7. The van der Waals surface area contributed by atoms with Gasteiger partial charge in [-0.05, 0) is 51.4 Å². The number of benzene rings is 3. The van der Waals surface area contributed by atoms with Crippen LogP contribution in [-0.2, 0) is 11.8 Å². The fourth-order valence-corrected chi connectivity index (χ4v) is 5.53. The molecule has 2 aliphatic rings. The van der Waals surface area contributed by atoms with Crippen molar-refractivity contribution in [1.82, 2.24) is 4.98 Å². The molecule has 0 amide bonds. The van der Waals surface area contributed by atoms with Gasteiger partial charge in [-0.25, -0.2) is 0 Å². The lowest BCUT2D eigenvalue weighted by atomic mass is 9.65. The van der Waals surface area contributed by atoms with Crippen molar-refractivity contribution in [1.29, 1.82) is 0 Å². The lowest BCUT2D eigenvalue weighted by Gasteiger charge is -2.35. The predicted octanol–water partition coefficient (Wildman–Crippen LogP) is 7.08. The van der Waals surface area contributed by atoms with Gasteiger partial charge in [-0.3, -0.25) is 4.98 Å². The Morgan fingerprint density at radius 1 is 0.829 bits per heavy atom. The second-order valence-corrected chi connectivity index (χ2v) is 9.09. The highest BCUT2D eigenvalue weighted by Crippen LogP contribution is 2.56. The van der Waals surface area contributed by atoms with Crippen LogP contribution in [0.3, 0.4) is 0 Å². The van der Waals surface area contributed by atoms with Crippen LogP contribution in [0.25, 0.3) is 23.0 Å². The van der Waals surface area contributed by atoms with Crippen molar-refractivity contribution in [3.8, 4) is 11.3 Å². The standard InChI is InChI=1S/C33H26N2/c1-23-10-5-6-11-25-12-7-8-15-28(25)33(23)29-16-9-21-35-32(29)27-19-17-24(22-30(27)33)18-20-31(34)26-13-3-2-4-14-26/h2-17,19-22H,1,18,34H2/b10-5-,11-6-,31-20-. The molecule has 1 atom stereocenters. The Morgan fingerprint density at radius 2 is 1.60 bits per heavy atom. The van der Waals surface area contributed by atoms with Gasteiger partial charge in [-0.2, -0.15) is 0 Å². The summed E-state index contributed by atoms with van der Waals surface area (Å²) in [6.45, 7) is 4.61. The van der Waals surface area contributed by atoms with E-state index in [2.05, 4.69) is 85.5 Å². The van der Waals surface area contributed by atoms with Crippen molar-refractivity contribution >= 4 is 11.8 Å². The molecule has 6 rings (SSSR count). The molecule has 1 aromatic heterocycles. The summed E-state index contributed by atoms with van der Waals surface area (Å²) >= 11 is 0. The molecule has 0 bridgehead atoms. The van der Waals surface area contributed by atoms with E-state index in [0.29, 0.717) is 0 Å². The highest BCUT2D eigenvalue weighted by Gasteiger charge is 2.47. The monoisotopic (exact) mass is 450 g/mol. The Bertz CT molecular complexity index is 1540. The van der Waals surface area contributed by atoms with Gasteiger partial charge in [0.2, 0.25) is 0 Å². The minimum Gasteiger partial charge on any atom is -0.398 e. The van der Waals surface area contributed by atoms with Crippen molar-refractivity contribution in [2.24, 2.45) is 5.73 Å². The van der Waals surface area contributed by atoms with Gasteiger partial charge in [-0.1, -0.05) is 116 Å². The van der Waals surface area contributed by atoms with Crippen LogP contribution in [0.5, 0.6) is 0 Å². The zero-order chi connectivity index (χ0) is 23.8. The molecule has 2 nitrogen and oxygen atoms in total. The van der Waals surface area contributed by atoms with E-state index in [4.69, 9.17) is 10.7 Å². The van der Waals surface area contributed by atoms with Crippen LogP contribution in [0.2, 0.25) is 0 Å². The summed E-state index contributed by atoms with van der Waals surface area (Å²) in [5.74, 6) is 0. The summed E-state index contributed by atoms with van der Waals surface area (Å²) in [6.07, 6.45) is 13.2.